The Morgan fingerprint density at radius 2 is 1.95 bits per heavy atom. The van der Waals surface area contributed by atoms with Gasteiger partial charge in [-0.15, -0.1) is 0 Å². The van der Waals surface area contributed by atoms with Crippen molar-refractivity contribution in [1.29, 1.82) is 0 Å². The van der Waals surface area contributed by atoms with Gasteiger partial charge >= 0.3 is 6.01 Å². The van der Waals surface area contributed by atoms with Crippen LogP contribution in [0.4, 0.5) is 14.6 Å². The average molecular weight is 302 g/mol. The molecule has 0 saturated carbocycles. The topological polar surface area (TPSA) is 61.7 Å². The minimum absolute atomic E-state index is 0.305. The summed E-state index contributed by atoms with van der Waals surface area (Å²) in [5.74, 6) is -2.30. The van der Waals surface area contributed by atoms with Gasteiger partial charge in [0, 0.05) is 37.9 Å². The number of rotatable bonds is 5. The molecule has 1 aromatic rings. The highest BCUT2D eigenvalue weighted by molar-refractivity contribution is 5.41. The van der Waals surface area contributed by atoms with Gasteiger partial charge in [0.2, 0.25) is 0 Å². The van der Waals surface area contributed by atoms with Crippen LogP contribution in [0.3, 0.4) is 0 Å². The van der Waals surface area contributed by atoms with Gasteiger partial charge < -0.3 is 14.7 Å². The molecule has 1 fully saturated rings. The molecule has 1 aromatic heterocycles. The number of alkyl halides is 2. The zero-order valence-corrected chi connectivity index (χ0v) is 12.2. The molecule has 0 bridgehead atoms. The summed E-state index contributed by atoms with van der Waals surface area (Å²) in [5, 5.41) is 8.62. The van der Waals surface area contributed by atoms with Crippen LogP contribution in [0.15, 0.2) is 6.07 Å². The fourth-order valence-corrected chi connectivity index (χ4v) is 2.29. The first-order chi connectivity index (χ1) is 9.93. The van der Waals surface area contributed by atoms with E-state index in [1.54, 1.807) is 4.90 Å². The van der Waals surface area contributed by atoms with Gasteiger partial charge in [0.05, 0.1) is 13.7 Å². The van der Waals surface area contributed by atoms with Crippen LogP contribution in [0.1, 0.15) is 5.69 Å². The number of nitrogens with zero attached hydrogens (tertiary/aromatic N) is 4. The van der Waals surface area contributed by atoms with E-state index in [-0.39, 0.29) is 0 Å². The largest absolute Gasteiger partial charge is 0.467 e. The number of aryl methyl sites for hydroxylation is 1. The summed E-state index contributed by atoms with van der Waals surface area (Å²) in [5.41, 5.74) is 0.797. The Kier molecular flexibility index (Phi) is 4.89. The number of hydrogen-bond acceptors (Lipinski definition) is 6. The summed E-state index contributed by atoms with van der Waals surface area (Å²) < 4.78 is 31.4. The molecule has 0 aliphatic carbocycles. The van der Waals surface area contributed by atoms with Crippen LogP contribution >= 0.6 is 0 Å². The second-order valence-electron chi connectivity index (χ2n) is 5.13. The summed E-state index contributed by atoms with van der Waals surface area (Å²) in [6.45, 7) is 2.52. The Labute approximate surface area is 122 Å². The third-order valence-electron chi connectivity index (χ3n) is 3.39. The number of methoxy groups -OCH3 is 1. The van der Waals surface area contributed by atoms with Gasteiger partial charge in [0.1, 0.15) is 12.4 Å². The highest BCUT2D eigenvalue weighted by Gasteiger charge is 2.32. The van der Waals surface area contributed by atoms with Gasteiger partial charge in [0.15, 0.2) is 0 Å². The maximum Gasteiger partial charge on any atom is 0.318 e. The first kappa shape index (κ1) is 15.8. The molecule has 21 heavy (non-hydrogen) atoms. The molecular formula is C13H20F2N4O2. The fraction of sp³-hybridized carbons (Fsp3) is 0.692. The lowest BCUT2D eigenvalue weighted by Crippen LogP contribution is -2.50. The molecule has 0 atom stereocenters. The molecule has 0 unspecified atom stereocenters. The maximum atomic E-state index is 13.2. The predicted octanol–water partition coefficient (Wildman–Crippen LogP) is 0.543. The summed E-state index contributed by atoms with van der Waals surface area (Å²) >= 11 is 0. The second-order valence-corrected chi connectivity index (χ2v) is 5.13. The van der Waals surface area contributed by atoms with Crippen LogP contribution in [0, 0.1) is 6.92 Å². The van der Waals surface area contributed by atoms with Crippen LogP contribution in [0.2, 0.25) is 0 Å². The van der Waals surface area contributed by atoms with Gasteiger partial charge in [-0.2, -0.15) is 4.98 Å². The molecule has 118 valence electrons. The van der Waals surface area contributed by atoms with E-state index in [0.29, 0.717) is 32.2 Å². The van der Waals surface area contributed by atoms with Crippen LogP contribution in [0.5, 0.6) is 6.01 Å². The Balaban J connectivity index is 1.96. The zero-order valence-electron chi connectivity index (χ0n) is 12.2. The smallest absolute Gasteiger partial charge is 0.318 e. The number of halogens is 2. The van der Waals surface area contributed by atoms with E-state index in [2.05, 4.69) is 9.97 Å². The molecule has 6 nitrogen and oxygen atoms in total. The Bertz CT molecular complexity index is 479. The van der Waals surface area contributed by atoms with E-state index < -0.39 is 19.1 Å². The summed E-state index contributed by atoms with van der Waals surface area (Å²) in [7, 11) is 1.51. The number of hydrogen-bond donors (Lipinski definition) is 1. The van der Waals surface area contributed by atoms with Gasteiger partial charge in [-0.3, -0.25) is 4.90 Å². The molecule has 0 radical (unpaired) electrons. The number of piperazine rings is 1. The van der Waals surface area contributed by atoms with Crippen molar-refractivity contribution in [1.82, 2.24) is 14.9 Å². The van der Waals surface area contributed by atoms with Crippen molar-refractivity contribution in [2.75, 3.05) is 51.3 Å². The first-order valence-corrected chi connectivity index (χ1v) is 6.79. The van der Waals surface area contributed by atoms with Crippen molar-refractivity contribution >= 4 is 5.82 Å². The van der Waals surface area contributed by atoms with E-state index in [4.69, 9.17) is 9.84 Å². The third-order valence-corrected chi connectivity index (χ3v) is 3.39. The van der Waals surface area contributed by atoms with Crippen LogP contribution < -0.4 is 9.64 Å². The average Bonchev–Trinajstić information content (AvgIpc) is 2.47. The molecule has 2 heterocycles. The summed E-state index contributed by atoms with van der Waals surface area (Å²) in [4.78, 5) is 12.1. The second kappa shape index (κ2) is 6.48. The van der Waals surface area contributed by atoms with Crippen molar-refractivity contribution < 1.29 is 18.6 Å². The van der Waals surface area contributed by atoms with Crippen LogP contribution in [-0.2, 0) is 0 Å². The highest BCUT2D eigenvalue weighted by Crippen LogP contribution is 2.20. The van der Waals surface area contributed by atoms with Crippen molar-refractivity contribution in [3.05, 3.63) is 11.8 Å². The molecule has 2 rings (SSSR count). The highest BCUT2D eigenvalue weighted by atomic mass is 19.3. The maximum absolute atomic E-state index is 13.2. The van der Waals surface area contributed by atoms with E-state index in [9.17, 15) is 8.78 Å². The molecule has 0 amide bonds. The number of aromatic nitrogens is 2. The van der Waals surface area contributed by atoms with Crippen molar-refractivity contribution in [3.63, 3.8) is 0 Å². The molecule has 0 spiro atoms. The van der Waals surface area contributed by atoms with E-state index >= 15 is 0 Å². The lowest BCUT2D eigenvalue weighted by atomic mass is 10.2. The Hall–Kier alpha value is -1.54. The normalized spacial score (nSPS) is 17.1. The van der Waals surface area contributed by atoms with Crippen LogP contribution in [-0.4, -0.2) is 72.3 Å². The molecule has 1 N–H and O–H groups in total. The van der Waals surface area contributed by atoms with E-state index in [1.807, 2.05) is 17.9 Å². The van der Waals surface area contributed by atoms with Gasteiger partial charge in [-0.05, 0) is 6.92 Å². The van der Waals surface area contributed by atoms with Crippen molar-refractivity contribution in [2.45, 2.75) is 12.8 Å². The first-order valence-electron chi connectivity index (χ1n) is 6.79. The lowest BCUT2D eigenvalue weighted by molar-refractivity contribution is -0.0733. The number of aliphatic hydroxyl groups excluding tert-OH is 1. The Morgan fingerprint density at radius 1 is 1.29 bits per heavy atom. The summed E-state index contributed by atoms with van der Waals surface area (Å²) in [6, 6.07) is 2.15. The molecule has 1 aliphatic heterocycles. The quantitative estimate of drug-likeness (QED) is 0.857. The molecule has 1 aliphatic rings. The van der Waals surface area contributed by atoms with E-state index in [0.717, 1.165) is 11.5 Å². The van der Waals surface area contributed by atoms with Gasteiger partial charge in [-0.25, -0.2) is 13.8 Å². The number of anilines is 1. The van der Waals surface area contributed by atoms with Gasteiger partial charge in [0.25, 0.3) is 5.92 Å². The minimum atomic E-state index is -3.04. The standard InChI is InChI=1S/C13H20F2N4O2/c1-10-7-11(17-12(16-10)21-2)19-5-3-18(4-6-19)8-13(14,15)9-20/h7,20H,3-6,8-9H2,1-2H3. The lowest BCUT2D eigenvalue weighted by Gasteiger charge is -2.36. The SMILES string of the molecule is COc1nc(C)cc(N2CCN(CC(F)(F)CO)CC2)n1. The summed E-state index contributed by atoms with van der Waals surface area (Å²) in [6.07, 6.45) is 0. The minimum Gasteiger partial charge on any atom is -0.467 e. The molecular weight excluding hydrogens is 282 g/mol. The predicted molar refractivity (Wildman–Crippen MR) is 74.0 cm³/mol. The zero-order chi connectivity index (χ0) is 15.5. The molecule has 1 saturated heterocycles. The third kappa shape index (κ3) is 4.21. The van der Waals surface area contributed by atoms with E-state index in [1.165, 1.54) is 7.11 Å². The number of ether oxygens (including phenoxy) is 1. The molecule has 0 aromatic carbocycles. The monoisotopic (exact) mass is 302 g/mol. The van der Waals surface area contributed by atoms with Crippen LogP contribution in [0.25, 0.3) is 0 Å². The fourth-order valence-electron chi connectivity index (χ4n) is 2.29. The van der Waals surface area contributed by atoms with Gasteiger partial charge in [-0.1, -0.05) is 0 Å². The number of aliphatic hydroxyl groups is 1. The molecule has 8 heteroatoms. The Morgan fingerprint density at radius 3 is 2.52 bits per heavy atom. The van der Waals surface area contributed by atoms with Crippen molar-refractivity contribution in [2.24, 2.45) is 0 Å². The van der Waals surface area contributed by atoms with Crippen molar-refractivity contribution in [3.8, 4) is 6.01 Å².